The van der Waals surface area contributed by atoms with Gasteiger partial charge in [0.05, 0.1) is 6.20 Å². The van der Waals surface area contributed by atoms with Crippen molar-refractivity contribution >= 4 is 11.8 Å². The lowest BCUT2D eigenvalue weighted by atomic mass is 10.2. The van der Waals surface area contributed by atoms with Crippen LogP contribution in [0, 0.1) is 13.8 Å². The molecule has 0 aromatic carbocycles. The first-order valence-electron chi connectivity index (χ1n) is 9.17. The molecule has 25 heavy (non-hydrogen) atoms. The van der Waals surface area contributed by atoms with Gasteiger partial charge >= 0.3 is 0 Å². The summed E-state index contributed by atoms with van der Waals surface area (Å²) in [5, 5.41) is 3.87. The van der Waals surface area contributed by atoms with E-state index in [2.05, 4.69) is 37.8 Å². The van der Waals surface area contributed by atoms with Crippen molar-refractivity contribution in [3.05, 3.63) is 29.3 Å². The average Bonchev–Trinajstić information content (AvgIpc) is 3.28. The van der Waals surface area contributed by atoms with E-state index in [0.717, 1.165) is 69.0 Å². The van der Waals surface area contributed by atoms with Gasteiger partial charge in [0.1, 0.15) is 11.6 Å². The van der Waals surface area contributed by atoms with Crippen molar-refractivity contribution in [3.63, 3.8) is 0 Å². The second-order valence-corrected chi connectivity index (χ2v) is 7.03. The smallest absolute Gasteiger partial charge is 0.227 e. The van der Waals surface area contributed by atoms with Gasteiger partial charge in [-0.2, -0.15) is 4.98 Å². The molecule has 2 saturated heterocycles. The number of hydrogen-bond acceptors (Lipinski definition) is 7. The standard InChI is InChI=1S/C18H26N6O/c1-14-11-17(23-5-3-4-6-23)21-18(20-14)24-9-7-22(8-10-24)13-16-12-19-25-15(16)2/h11-12H,3-10,13H2,1-2H3. The average molecular weight is 342 g/mol. The maximum absolute atomic E-state index is 5.16. The Kier molecular flexibility index (Phi) is 4.57. The lowest BCUT2D eigenvalue weighted by Gasteiger charge is -2.35. The summed E-state index contributed by atoms with van der Waals surface area (Å²) in [6, 6.07) is 2.11. The number of anilines is 2. The summed E-state index contributed by atoms with van der Waals surface area (Å²) in [6.45, 7) is 11.1. The molecule has 0 radical (unpaired) electrons. The zero-order chi connectivity index (χ0) is 17.2. The Labute approximate surface area is 148 Å². The van der Waals surface area contributed by atoms with E-state index >= 15 is 0 Å². The van der Waals surface area contributed by atoms with Crippen molar-refractivity contribution in [1.82, 2.24) is 20.0 Å². The van der Waals surface area contributed by atoms with Gasteiger partial charge in [-0.25, -0.2) is 4.98 Å². The summed E-state index contributed by atoms with van der Waals surface area (Å²) in [4.78, 5) is 16.7. The molecule has 0 atom stereocenters. The fourth-order valence-electron chi connectivity index (χ4n) is 3.60. The van der Waals surface area contributed by atoms with Crippen LogP contribution in [0.25, 0.3) is 0 Å². The predicted octanol–water partition coefficient (Wildman–Crippen LogP) is 2.00. The van der Waals surface area contributed by atoms with Crippen LogP contribution in [-0.2, 0) is 6.54 Å². The van der Waals surface area contributed by atoms with Crippen LogP contribution in [0.15, 0.2) is 16.8 Å². The molecule has 7 nitrogen and oxygen atoms in total. The van der Waals surface area contributed by atoms with Gasteiger partial charge in [-0.15, -0.1) is 0 Å². The summed E-state index contributed by atoms with van der Waals surface area (Å²) in [6.07, 6.45) is 4.35. The molecule has 0 saturated carbocycles. The largest absolute Gasteiger partial charge is 0.361 e. The van der Waals surface area contributed by atoms with Gasteiger partial charge in [-0.3, -0.25) is 4.90 Å². The van der Waals surface area contributed by atoms with Crippen molar-refractivity contribution in [2.24, 2.45) is 0 Å². The van der Waals surface area contributed by atoms with Gasteiger partial charge in [0.15, 0.2) is 0 Å². The van der Waals surface area contributed by atoms with Crippen molar-refractivity contribution in [1.29, 1.82) is 0 Å². The normalized spacial score (nSPS) is 19.0. The third kappa shape index (κ3) is 3.61. The maximum atomic E-state index is 5.16. The molecule has 2 aliphatic heterocycles. The molecular weight excluding hydrogens is 316 g/mol. The van der Waals surface area contributed by atoms with Crippen LogP contribution >= 0.6 is 0 Å². The molecule has 2 fully saturated rings. The fraction of sp³-hybridized carbons (Fsp3) is 0.611. The van der Waals surface area contributed by atoms with E-state index in [4.69, 9.17) is 9.51 Å². The van der Waals surface area contributed by atoms with Crippen LogP contribution in [0.5, 0.6) is 0 Å². The second-order valence-electron chi connectivity index (χ2n) is 7.03. The molecule has 2 aromatic heterocycles. The van der Waals surface area contributed by atoms with Gasteiger partial charge in [0, 0.05) is 63.1 Å². The molecule has 4 rings (SSSR count). The number of rotatable bonds is 4. The van der Waals surface area contributed by atoms with Gasteiger partial charge < -0.3 is 14.3 Å². The summed E-state index contributed by atoms with van der Waals surface area (Å²) in [5.41, 5.74) is 2.23. The molecule has 134 valence electrons. The molecular formula is C18H26N6O. The molecule has 0 aliphatic carbocycles. The van der Waals surface area contributed by atoms with E-state index in [0.29, 0.717) is 0 Å². The van der Waals surface area contributed by atoms with Gasteiger partial charge in [-0.1, -0.05) is 5.16 Å². The quantitative estimate of drug-likeness (QED) is 0.842. The summed E-state index contributed by atoms with van der Waals surface area (Å²) in [7, 11) is 0. The Morgan fingerprint density at radius 2 is 1.72 bits per heavy atom. The van der Waals surface area contributed by atoms with Crippen molar-refractivity contribution < 1.29 is 4.52 Å². The Bertz CT molecular complexity index is 716. The van der Waals surface area contributed by atoms with Gasteiger partial charge in [0.2, 0.25) is 5.95 Å². The maximum Gasteiger partial charge on any atom is 0.227 e. The van der Waals surface area contributed by atoms with E-state index in [1.807, 2.05) is 13.1 Å². The highest BCUT2D eigenvalue weighted by Gasteiger charge is 2.22. The van der Waals surface area contributed by atoms with Crippen molar-refractivity contribution in [3.8, 4) is 0 Å². The topological polar surface area (TPSA) is 61.5 Å². The number of aromatic nitrogens is 3. The molecule has 0 N–H and O–H groups in total. The third-order valence-electron chi connectivity index (χ3n) is 5.16. The van der Waals surface area contributed by atoms with E-state index in [9.17, 15) is 0 Å². The van der Waals surface area contributed by atoms with E-state index in [1.54, 1.807) is 0 Å². The number of piperazine rings is 1. The lowest BCUT2D eigenvalue weighted by molar-refractivity contribution is 0.247. The monoisotopic (exact) mass is 342 g/mol. The van der Waals surface area contributed by atoms with E-state index in [-0.39, 0.29) is 0 Å². The first kappa shape index (κ1) is 16.3. The first-order chi connectivity index (χ1) is 12.2. The molecule has 0 spiro atoms. The summed E-state index contributed by atoms with van der Waals surface area (Å²) < 4.78 is 5.16. The third-order valence-corrected chi connectivity index (χ3v) is 5.16. The molecule has 0 unspecified atom stereocenters. The summed E-state index contributed by atoms with van der Waals surface area (Å²) >= 11 is 0. The molecule has 0 bridgehead atoms. The molecule has 4 heterocycles. The lowest BCUT2D eigenvalue weighted by Crippen LogP contribution is -2.46. The summed E-state index contributed by atoms with van der Waals surface area (Å²) in [5.74, 6) is 2.88. The highest BCUT2D eigenvalue weighted by atomic mass is 16.5. The van der Waals surface area contributed by atoms with Crippen LogP contribution in [-0.4, -0.2) is 59.3 Å². The van der Waals surface area contributed by atoms with Crippen LogP contribution in [0.4, 0.5) is 11.8 Å². The van der Waals surface area contributed by atoms with E-state index in [1.165, 1.54) is 18.4 Å². The predicted molar refractivity (Wildman–Crippen MR) is 96.9 cm³/mol. The number of hydrogen-bond donors (Lipinski definition) is 0. The molecule has 0 amide bonds. The number of nitrogens with zero attached hydrogens (tertiary/aromatic N) is 6. The van der Waals surface area contributed by atoms with E-state index < -0.39 is 0 Å². The van der Waals surface area contributed by atoms with Crippen molar-refractivity contribution in [2.45, 2.75) is 33.2 Å². The highest BCUT2D eigenvalue weighted by molar-refractivity contribution is 5.46. The second kappa shape index (κ2) is 7.00. The molecule has 7 heteroatoms. The zero-order valence-electron chi connectivity index (χ0n) is 15.1. The zero-order valence-corrected chi connectivity index (χ0v) is 15.1. The van der Waals surface area contributed by atoms with Crippen LogP contribution in [0.2, 0.25) is 0 Å². The molecule has 2 aromatic rings. The van der Waals surface area contributed by atoms with Crippen LogP contribution in [0.1, 0.15) is 29.9 Å². The fourth-order valence-corrected chi connectivity index (χ4v) is 3.60. The Hall–Kier alpha value is -2.15. The number of aryl methyl sites for hydroxylation is 2. The van der Waals surface area contributed by atoms with Gasteiger partial charge in [-0.05, 0) is 26.7 Å². The Morgan fingerprint density at radius 1 is 0.960 bits per heavy atom. The first-order valence-corrected chi connectivity index (χ1v) is 9.17. The molecule has 2 aliphatic rings. The minimum Gasteiger partial charge on any atom is -0.361 e. The van der Waals surface area contributed by atoms with Crippen LogP contribution < -0.4 is 9.80 Å². The van der Waals surface area contributed by atoms with Crippen molar-refractivity contribution in [2.75, 3.05) is 49.1 Å². The van der Waals surface area contributed by atoms with Gasteiger partial charge in [0.25, 0.3) is 0 Å². The minimum absolute atomic E-state index is 0.878. The van der Waals surface area contributed by atoms with Crippen LogP contribution in [0.3, 0.4) is 0 Å². The Balaban J connectivity index is 1.41. The Morgan fingerprint density at radius 3 is 2.40 bits per heavy atom. The SMILES string of the molecule is Cc1cc(N2CCCC2)nc(N2CCN(Cc3cnoc3C)CC2)n1. The minimum atomic E-state index is 0.878. The highest BCUT2D eigenvalue weighted by Crippen LogP contribution is 2.22.